The minimum atomic E-state index is -0.267. The van der Waals surface area contributed by atoms with Gasteiger partial charge < -0.3 is 21.7 Å². The first kappa shape index (κ1) is 15.3. The maximum Gasteiger partial charge on any atom is 0.321 e. The number of carbonyl (C=O) groups is 2. The van der Waals surface area contributed by atoms with Crippen molar-refractivity contribution in [3.05, 3.63) is 29.8 Å². The van der Waals surface area contributed by atoms with Gasteiger partial charge in [0.05, 0.1) is 0 Å². The molecule has 2 rings (SSSR count). The minimum Gasteiger partial charge on any atom is -0.370 e. The van der Waals surface area contributed by atoms with Gasteiger partial charge in [0.2, 0.25) is 5.91 Å². The molecule has 114 valence electrons. The molecule has 0 aromatic heterocycles. The SMILES string of the molecule is NCc1cccc(NC(=O)N2CCC(CC(N)=O)CC2)c1. The molecule has 6 heteroatoms. The summed E-state index contributed by atoms with van der Waals surface area (Å²) in [6, 6.07) is 7.40. The monoisotopic (exact) mass is 290 g/mol. The molecule has 0 unspecified atom stereocenters. The fourth-order valence-corrected chi connectivity index (χ4v) is 2.60. The van der Waals surface area contributed by atoms with Gasteiger partial charge in [0.15, 0.2) is 0 Å². The first-order valence-corrected chi connectivity index (χ1v) is 7.21. The van der Waals surface area contributed by atoms with Gasteiger partial charge in [-0.05, 0) is 36.5 Å². The lowest BCUT2D eigenvalue weighted by atomic mass is 9.93. The summed E-state index contributed by atoms with van der Waals surface area (Å²) >= 11 is 0. The van der Waals surface area contributed by atoms with Crippen molar-refractivity contribution in [2.75, 3.05) is 18.4 Å². The summed E-state index contributed by atoms with van der Waals surface area (Å²) in [5.41, 5.74) is 12.5. The average Bonchev–Trinajstić information content (AvgIpc) is 2.47. The number of hydrogen-bond donors (Lipinski definition) is 3. The minimum absolute atomic E-state index is 0.110. The Morgan fingerprint density at radius 2 is 2.00 bits per heavy atom. The van der Waals surface area contributed by atoms with Crippen molar-refractivity contribution < 1.29 is 9.59 Å². The highest BCUT2D eigenvalue weighted by molar-refractivity contribution is 5.89. The van der Waals surface area contributed by atoms with E-state index < -0.39 is 0 Å². The Balaban J connectivity index is 1.85. The number of piperidine rings is 1. The van der Waals surface area contributed by atoms with Crippen molar-refractivity contribution in [2.45, 2.75) is 25.8 Å². The third-order valence-corrected chi connectivity index (χ3v) is 3.81. The van der Waals surface area contributed by atoms with E-state index >= 15 is 0 Å². The Hall–Kier alpha value is -2.08. The van der Waals surface area contributed by atoms with Crippen LogP contribution in [0.25, 0.3) is 0 Å². The van der Waals surface area contributed by atoms with Crippen LogP contribution < -0.4 is 16.8 Å². The average molecular weight is 290 g/mol. The zero-order chi connectivity index (χ0) is 15.2. The number of amides is 3. The van der Waals surface area contributed by atoms with E-state index in [1.165, 1.54) is 0 Å². The van der Waals surface area contributed by atoms with E-state index in [1.807, 2.05) is 24.3 Å². The van der Waals surface area contributed by atoms with E-state index in [4.69, 9.17) is 11.5 Å². The van der Waals surface area contributed by atoms with E-state index in [-0.39, 0.29) is 11.9 Å². The number of primary amides is 1. The molecule has 6 nitrogen and oxygen atoms in total. The third-order valence-electron chi connectivity index (χ3n) is 3.81. The van der Waals surface area contributed by atoms with Crippen molar-refractivity contribution in [1.29, 1.82) is 0 Å². The smallest absolute Gasteiger partial charge is 0.321 e. The summed E-state index contributed by atoms with van der Waals surface area (Å²) in [5.74, 6) is 0.0311. The number of nitrogens with one attached hydrogen (secondary N) is 1. The van der Waals surface area contributed by atoms with E-state index in [2.05, 4.69) is 5.32 Å². The molecular weight excluding hydrogens is 268 g/mol. The second kappa shape index (κ2) is 7.08. The summed E-state index contributed by atoms with van der Waals surface area (Å²) in [6.45, 7) is 1.75. The number of nitrogens with zero attached hydrogens (tertiary/aromatic N) is 1. The standard InChI is InChI=1S/C15H22N4O2/c16-10-12-2-1-3-13(8-12)18-15(21)19-6-4-11(5-7-19)9-14(17)20/h1-3,8,11H,4-7,9-10,16H2,(H2,17,20)(H,18,21). The summed E-state index contributed by atoms with van der Waals surface area (Å²) in [4.78, 5) is 24.9. The number of rotatable bonds is 4. The maximum atomic E-state index is 12.2. The first-order chi connectivity index (χ1) is 10.1. The summed E-state index contributed by atoms with van der Waals surface area (Å²) in [5, 5.41) is 2.88. The van der Waals surface area contributed by atoms with Crippen molar-refractivity contribution in [3.8, 4) is 0 Å². The Morgan fingerprint density at radius 1 is 1.29 bits per heavy atom. The quantitative estimate of drug-likeness (QED) is 0.778. The lowest BCUT2D eigenvalue weighted by Crippen LogP contribution is -2.41. The van der Waals surface area contributed by atoms with Crippen LogP contribution in [0.1, 0.15) is 24.8 Å². The Kier molecular flexibility index (Phi) is 5.16. The lowest BCUT2D eigenvalue weighted by Gasteiger charge is -2.31. The molecule has 1 aromatic carbocycles. The molecule has 1 aliphatic heterocycles. The number of benzene rings is 1. The van der Waals surface area contributed by atoms with Crippen molar-refractivity contribution in [1.82, 2.24) is 4.90 Å². The molecule has 21 heavy (non-hydrogen) atoms. The van der Waals surface area contributed by atoms with Gasteiger partial charge in [-0.2, -0.15) is 0 Å². The van der Waals surface area contributed by atoms with Crippen LogP contribution in [0.2, 0.25) is 0 Å². The molecule has 1 aromatic rings. The second-order valence-electron chi connectivity index (χ2n) is 5.44. The van der Waals surface area contributed by atoms with Crippen LogP contribution in [0.3, 0.4) is 0 Å². The highest BCUT2D eigenvalue weighted by Crippen LogP contribution is 2.21. The van der Waals surface area contributed by atoms with E-state index in [0.29, 0.717) is 32.0 Å². The largest absolute Gasteiger partial charge is 0.370 e. The molecule has 0 aliphatic carbocycles. The zero-order valence-electron chi connectivity index (χ0n) is 12.0. The first-order valence-electron chi connectivity index (χ1n) is 7.21. The van der Waals surface area contributed by atoms with Gasteiger partial charge in [-0.3, -0.25) is 4.79 Å². The van der Waals surface area contributed by atoms with Crippen LogP contribution in [0.4, 0.5) is 10.5 Å². The number of anilines is 1. The zero-order valence-corrected chi connectivity index (χ0v) is 12.0. The predicted molar refractivity (Wildman–Crippen MR) is 81.5 cm³/mol. The topological polar surface area (TPSA) is 101 Å². The molecule has 1 heterocycles. The number of nitrogens with two attached hydrogens (primary N) is 2. The number of carbonyl (C=O) groups excluding carboxylic acids is 2. The fraction of sp³-hybridized carbons (Fsp3) is 0.467. The normalized spacial score (nSPS) is 15.8. The summed E-state index contributed by atoms with van der Waals surface area (Å²) in [7, 11) is 0. The predicted octanol–water partition coefficient (Wildman–Crippen LogP) is 1.26. The Labute approximate surface area is 124 Å². The second-order valence-corrected chi connectivity index (χ2v) is 5.44. The van der Waals surface area contributed by atoms with Gasteiger partial charge in [-0.25, -0.2) is 4.79 Å². The van der Waals surface area contributed by atoms with Gasteiger partial charge in [0.25, 0.3) is 0 Å². The lowest BCUT2D eigenvalue weighted by molar-refractivity contribution is -0.119. The van der Waals surface area contributed by atoms with Crippen LogP contribution in [-0.4, -0.2) is 29.9 Å². The number of urea groups is 1. The van der Waals surface area contributed by atoms with Gasteiger partial charge in [0.1, 0.15) is 0 Å². The molecule has 0 bridgehead atoms. The van der Waals surface area contributed by atoms with E-state index in [9.17, 15) is 9.59 Å². The van der Waals surface area contributed by atoms with Gasteiger partial charge in [-0.1, -0.05) is 12.1 Å². The maximum absolute atomic E-state index is 12.2. The summed E-state index contributed by atoms with van der Waals surface area (Å²) < 4.78 is 0. The van der Waals surface area contributed by atoms with Gasteiger partial charge >= 0.3 is 6.03 Å². The van der Waals surface area contributed by atoms with Crippen LogP contribution in [0.15, 0.2) is 24.3 Å². The molecule has 3 amide bonds. The van der Waals surface area contributed by atoms with Crippen molar-refractivity contribution in [3.63, 3.8) is 0 Å². The molecule has 1 fully saturated rings. The number of likely N-dealkylation sites (tertiary alicyclic amines) is 1. The van der Waals surface area contributed by atoms with Crippen molar-refractivity contribution in [2.24, 2.45) is 17.4 Å². The van der Waals surface area contributed by atoms with Crippen LogP contribution in [0, 0.1) is 5.92 Å². The molecule has 0 spiro atoms. The van der Waals surface area contributed by atoms with Gasteiger partial charge in [0, 0.05) is 31.7 Å². The van der Waals surface area contributed by atoms with Crippen molar-refractivity contribution >= 4 is 17.6 Å². The van der Waals surface area contributed by atoms with E-state index in [1.54, 1.807) is 4.90 Å². The van der Waals surface area contributed by atoms with Crippen LogP contribution in [-0.2, 0) is 11.3 Å². The van der Waals surface area contributed by atoms with E-state index in [0.717, 1.165) is 24.1 Å². The fourth-order valence-electron chi connectivity index (χ4n) is 2.60. The molecular formula is C15H22N4O2. The molecule has 0 atom stereocenters. The molecule has 5 N–H and O–H groups in total. The highest BCUT2D eigenvalue weighted by atomic mass is 16.2. The Morgan fingerprint density at radius 3 is 2.62 bits per heavy atom. The molecule has 1 saturated heterocycles. The van der Waals surface area contributed by atoms with Gasteiger partial charge in [-0.15, -0.1) is 0 Å². The molecule has 1 aliphatic rings. The molecule has 0 radical (unpaired) electrons. The third kappa shape index (κ3) is 4.46. The Bertz CT molecular complexity index is 510. The molecule has 0 saturated carbocycles. The number of hydrogen-bond acceptors (Lipinski definition) is 3. The summed E-state index contributed by atoms with van der Waals surface area (Å²) in [6.07, 6.45) is 2.05. The van der Waals surface area contributed by atoms with Crippen LogP contribution in [0.5, 0.6) is 0 Å². The van der Waals surface area contributed by atoms with Crippen LogP contribution >= 0.6 is 0 Å². The highest BCUT2D eigenvalue weighted by Gasteiger charge is 2.23.